The maximum atomic E-state index is 12.9. The molecule has 1 N–H and O–H groups in total. The van der Waals surface area contributed by atoms with Crippen molar-refractivity contribution in [1.29, 1.82) is 0 Å². The summed E-state index contributed by atoms with van der Waals surface area (Å²) < 4.78 is 11.7. The van der Waals surface area contributed by atoms with Crippen LogP contribution in [0.2, 0.25) is 5.02 Å². The van der Waals surface area contributed by atoms with Gasteiger partial charge in [-0.1, -0.05) is 91.8 Å². The summed E-state index contributed by atoms with van der Waals surface area (Å²) in [5, 5.41) is 3.64. The lowest BCUT2D eigenvalue weighted by molar-refractivity contribution is 0.0992. The Kier molecular flexibility index (Phi) is 8.10. The normalized spacial score (nSPS) is 11.3. The van der Waals surface area contributed by atoms with Crippen LogP contribution in [-0.2, 0) is 12.0 Å². The van der Waals surface area contributed by atoms with Crippen LogP contribution in [0.3, 0.4) is 0 Å². The van der Waals surface area contributed by atoms with E-state index in [0.717, 1.165) is 15.5 Å². The number of ether oxygens (including phenoxy) is 1. The van der Waals surface area contributed by atoms with Crippen molar-refractivity contribution in [3.8, 4) is 5.75 Å². The Morgan fingerprint density at radius 1 is 0.821 bits per heavy atom. The number of nitrogens with one attached hydrogen (secondary N) is 1. The fourth-order valence-corrected chi connectivity index (χ4v) is 5.22. The Bertz CT molecular complexity index is 1540. The predicted molar refractivity (Wildman–Crippen MR) is 158 cm³/mol. The number of para-hydroxylation sites is 1. The minimum absolute atomic E-state index is 0.116. The average Bonchev–Trinajstić information content (AvgIpc) is 3.44. The number of hydrogen-bond donors (Lipinski definition) is 1. The first-order valence-corrected chi connectivity index (χ1v) is 13.8. The number of carbonyl (C=O) groups excluding carboxylic acids is 1. The molecule has 196 valence electrons. The van der Waals surface area contributed by atoms with Crippen LogP contribution in [0.15, 0.2) is 129 Å². The van der Waals surface area contributed by atoms with E-state index in [1.54, 1.807) is 23.9 Å². The third-order valence-electron chi connectivity index (χ3n) is 6.51. The van der Waals surface area contributed by atoms with Crippen molar-refractivity contribution in [3.05, 3.63) is 143 Å². The highest BCUT2D eigenvalue weighted by Crippen LogP contribution is 2.35. The molecule has 5 aromatic rings. The number of carbonyl (C=O) groups is 1. The quantitative estimate of drug-likeness (QED) is 0.197. The highest BCUT2D eigenvalue weighted by molar-refractivity contribution is 7.99. The molecule has 1 heterocycles. The van der Waals surface area contributed by atoms with E-state index >= 15 is 0 Å². The zero-order chi connectivity index (χ0) is 27.2. The molecule has 1 amide bonds. The van der Waals surface area contributed by atoms with Crippen molar-refractivity contribution in [2.24, 2.45) is 0 Å². The minimum atomic E-state index is -0.321. The van der Waals surface area contributed by atoms with Gasteiger partial charge in [0.1, 0.15) is 18.1 Å². The second-order valence-corrected chi connectivity index (χ2v) is 11.1. The van der Waals surface area contributed by atoms with E-state index in [2.05, 4.69) is 55.6 Å². The van der Waals surface area contributed by atoms with Crippen LogP contribution >= 0.6 is 23.4 Å². The largest absolute Gasteiger partial charge is 0.486 e. The van der Waals surface area contributed by atoms with Crippen molar-refractivity contribution in [1.82, 2.24) is 0 Å². The zero-order valence-electron chi connectivity index (χ0n) is 21.7. The topological polar surface area (TPSA) is 51.5 Å². The molecule has 0 saturated heterocycles. The lowest BCUT2D eigenvalue weighted by Gasteiger charge is -2.26. The summed E-state index contributed by atoms with van der Waals surface area (Å²) >= 11 is 7.55. The number of rotatable bonds is 9. The number of anilines is 1. The van der Waals surface area contributed by atoms with E-state index in [4.69, 9.17) is 20.8 Å². The second kappa shape index (κ2) is 11.9. The van der Waals surface area contributed by atoms with E-state index in [1.165, 1.54) is 11.1 Å². The van der Waals surface area contributed by atoms with Gasteiger partial charge >= 0.3 is 0 Å². The van der Waals surface area contributed by atoms with Gasteiger partial charge in [-0.25, -0.2) is 0 Å². The van der Waals surface area contributed by atoms with Crippen LogP contribution in [0.1, 0.15) is 41.3 Å². The Balaban J connectivity index is 1.19. The van der Waals surface area contributed by atoms with E-state index < -0.39 is 0 Å². The second-order valence-electron chi connectivity index (χ2n) is 9.58. The molecular formula is C33H28ClNO3S. The molecule has 0 bridgehead atoms. The van der Waals surface area contributed by atoms with Crippen molar-refractivity contribution < 1.29 is 13.9 Å². The number of furan rings is 1. The van der Waals surface area contributed by atoms with Crippen LogP contribution in [0, 0.1) is 0 Å². The molecule has 0 saturated carbocycles. The molecule has 6 heteroatoms. The Morgan fingerprint density at radius 2 is 1.49 bits per heavy atom. The molecule has 4 aromatic carbocycles. The molecule has 0 aliphatic heterocycles. The van der Waals surface area contributed by atoms with Gasteiger partial charge in [-0.05, 0) is 71.8 Å². The van der Waals surface area contributed by atoms with Gasteiger partial charge in [0.05, 0.1) is 5.69 Å². The Morgan fingerprint density at radius 3 is 2.23 bits per heavy atom. The minimum Gasteiger partial charge on any atom is -0.486 e. The lowest BCUT2D eigenvalue weighted by Crippen LogP contribution is -2.18. The molecule has 39 heavy (non-hydrogen) atoms. The highest BCUT2D eigenvalue weighted by atomic mass is 35.5. The summed E-state index contributed by atoms with van der Waals surface area (Å²) in [6, 6.07) is 37.2. The molecule has 4 nitrogen and oxygen atoms in total. The molecule has 0 fully saturated rings. The van der Waals surface area contributed by atoms with Crippen LogP contribution in [-0.4, -0.2) is 5.91 Å². The lowest BCUT2D eigenvalue weighted by atomic mass is 9.78. The number of benzene rings is 4. The third kappa shape index (κ3) is 6.56. The summed E-state index contributed by atoms with van der Waals surface area (Å²) in [4.78, 5) is 14.9. The fraction of sp³-hybridized carbons (Fsp3) is 0.121. The van der Waals surface area contributed by atoms with E-state index in [-0.39, 0.29) is 23.7 Å². The van der Waals surface area contributed by atoms with E-state index in [9.17, 15) is 4.79 Å². The van der Waals surface area contributed by atoms with Gasteiger partial charge in [0, 0.05) is 20.2 Å². The van der Waals surface area contributed by atoms with Crippen molar-refractivity contribution in [2.45, 2.75) is 35.7 Å². The number of hydrogen-bond acceptors (Lipinski definition) is 4. The monoisotopic (exact) mass is 553 g/mol. The molecule has 0 aliphatic rings. The van der Waals surface area contributed by atoms with E-state index in [0.29, 0.717) is 16.5 Å². The van der Waals surface area contributed by atoms with Gasteiger partial charge in [-0.3, -0.25) is 4.79 Å². The molecule has 0 atom stereocenters. The van der Waals surface area contributed by atoms with Gasteiger partial charge in [0.25, 0.3) is 5.91 Å². The first-order chi connectivity index (χ1) is 18.9. The van der Waals surface area contributed by atoms with Gasteiger partial charge in [0.15, 0.2) is 5.76 Å². The smallest absolute Gasteiger partial charge is 0.291 e. The summed E-state index contributed by atoms with van der Waals surface area (Å²) in [6.45, 7) is 4.64. The van der Waals surface area contributed by atoms with Gasteiger partial charge in [0.2, 0.25) is 0 Å². The first-order valence-electron chi connectivity index (χ1n) is 12.6. The Labute approximate surface area is 238 Å². The maximum absolute atomic E-state index is 12.9. The summed E-state index contributed by atoms with van der Waals surface area (Å²) in [6.07, 6.45) is 0. The van der Waals surface area contributed by atoms with Gasteiger partial charge in [-0.15, -0.1) is 0 Å². The summed E-state index contributed by atoms with van der Waals surface area (Å²) in [7, 11) is 0. The van der Waals surface area contributed by atoms with Crippen LogP contribution in [0.4, 0.5) is 5.69 Å². The van der Waals surface area contributed by atoms with Crippen LogP contribution in [0.25, 0.3) is 0 Å². The zero-order valence-corrected chi connectivity index (χ0v) is 23.3. The highest BCUT2D eigenvalue weighted by Gasteiger charge is 2.22. The predicted octanol–water partition coefficient (Wildman–Crippen LogP) is 9.24. The van der Waals surface area contributed by atoms with Crippen LogP contribution in [0.5, 0.6) is 5.75 Å². The molecule has 1 aromatic heterocycles. The van der Waals surface area contributed by atoms with Crippen molar-refractivity contribution >= 4 is 35.0 Å². The van der Waals surface area contributed by atoms with Gasteiger partial charge in [-0.2, -0.15) is 0 Å². The fourth-order valence-electron chi connectivity index (χ4n) is 4.19. The SMILES string of the molecule is CC(C)(c1ccccc1)c1ccc(OCc2ccc(C(=O)Nc3ccccc3Sc3ccc(Cl)cc3)o2)cc1. The molecule has 0 aliphatic carbocycles. The maximum Gasteiger partial charge on any atom is 0.291 e. The number of amides is 1. The van der Waals surface area contributed by atoms with Crippen LogP contribution < -0.4 is 10.1 Å². The summed E-state index contributed by atoms with van der Waals surface area (Å²) in [5.74, 6) is 1.20. The van der Waals surface area contributed by atoms with E-state index in [1.807, 2.05) is 66.7 Å². The molecule has 0 unspecified atom stereocenters. The number of halogens is 1. The third-order valence-corrected chi connectivity index (χ3v) is 7.85. The summed E-state index contributed by atoms with van der Waals surface area (Å²) in [5.41, 5.74) is 3.04. The van der Waals surface area contributed by atoms with Gasteiger partial charge < -0.3 is 14.5 Å². The molecule has 5 rings (SSSR count). The molecule has 0 radical (unpaired) electrons. The van der Waals surface area contributed by atoms with Crippen molar-refractivity contribution in [3.63, 3.8) is 0 Å². The van der Waals surface area contributed by atoms with Crippen molar-refractivity contribution in [2.75, 3.05) is 5.32 Å². The Hall–Kier alpha value is -3.93. The molecule has 0 spiro atoms. The standard InChI is InChI=1S/C33H28ClNO3S/c1-33(2,23-8-4-3-5-9-23)24-12-16-26(17-13-24)37-22-27-18-21-30(38-27)32(36)35-29-10-6-7-11-31(29)39-28-19-14-25(34)15-20-28/h3-21H,22H2,1-2H3,(H,35,36). The molecular weight excluding hydrogens is 526 g/mol. The first kappa shape index (κ1) is 26.7. The average molecular weight is 554 g/mol.